The van der Waals surface area contributed by atoms with Crippen LogP contribution in [0.3, 0.4) is 0 Å². The second kappa shape index (κ2) is 7.00. The molecule has 28 heavy (non-hydrogen) atoms. The normalized spacial score (nSPS) is 11.1. The lowest BCUT2D eigenvalue weighted by atomic mass is 10.2. The zero-order chi connectivity index (χ0) is 19.8. The third-order valence-corrected chi connectivity index (χ3v) is 5.32. The molecule has 0 fully saturated rings. The maximum absolute atomic E-state index is 13.4. The number of aryl methyl sites for hydroxylation is 2. The van der Waals surface area contributed by atoms with Gasteiger partial charge in [-0.05, 0) is 56.2 Å². The van der Waals surface area contributed by atoms with Gasteiger partial charge in [0.25, 0.3) is 5.56 Å². The number of ether oxygens (including phenoxy) is 1. The summed E-state index contributed by atoms with van der Waals surface area (Å²) in [5, 5.41) is 0.676. The molecule has 2 heterocycles. The van der Waals surface area contributed by atoms with Crippen molar-refractivity contribution in [1.29, 1.82) is 0 Å². The zero-order valence-electron chi connectivity index (χ0n) is 16.6. The molecule has 0 amide bonds. The van der Waals surface area contributed by atoms with Crippen LogP contribution < -0.4 is 10.3 Å². The van der Waals surface area contributed by atoms with Crippen molar-refractivity contribution in [2.75, 3.05) is 7.11 Å². The molecule has 0 atom stereocenters. The molecular weight excluding hydrogens is 350 g/mol. The maximum atomic E-state index is 13.4. The first kappa shape index (κ1) is 18.0. The van der Waals surface area contributed by atoms with Crippen molar-refractivity contribution >= 4 is 11.0 Å². The molecule has 0 radical (unpaired) electrons. The third kappa shape index (κ3) is 2.89. The fourth-order valence-electron chi connectivity index (χ4n) is 3.67. The van der Waals surface area contributed by atoms with Crippen molar-refractivity contribution < 1.29 is 4.74 Å². The summed E-state index contributed by atoms with van der Waals surface area (Å²) in [7, 11) is 1.63. The van der Waals surface area contributed by atoms with Gasteiger partial charge in [-0.25, -0.2) is 4.98 Å². The molecule has 0 unspecified atom stereocenters. The maximum Gasteiger partial charge on any atom is 0.267 e. The van der Waals surface area contributed by atoms with Crippen LogP contribution in [-0.4, -0.2) is 21.2 Å². The first-order valence-electron chi connectivity index (χ1n) is 9.28. The average molecular weight is 373 g/mol. The van der Waals surface area contributed by atoms with Gasteiger partial charge >= 0.3 is 0 Å². The largest absolute Gasteiger partial charge is 0.497 e. The van der Waals surface area contributed by atoms with Crippen molar-refractivity contribution in [3.05, 3.63) is 87.6 Å². The molecule has 0 saturated heterocycles. The van der Waals surface area contributed by atoms with Crippen molar-refractivity contribution in [3.63, 3.8) is 0 Å². The molecular formula is C23H23N3O2. The van der Waals surface area contributed by atoms with E-state index in [0.717, 1.165) is 28.3 Å². The Morgan fingerprint density at radius 3 is 2.29 bits per heavy atom. The van der Waals surface area contributed by atoms with E-state index in [1.54, 1.807) is 11.7 Å². The highest BCUT2D eigenvalue weighted by molar-refractivity contribution is 5.81. The number of methoxy groups -OCH3 is 1. The van der Waals surface area contributed by atoms with Gasteiger partial charge in [0, 0.05) is 12.2 Å². The SMILES string of the molecule is COc1ccc(-n2c(C)nc3c(c(C)c(C)n3Cc3ccccc3)c2=O)cc1. The first-order valence-corrected chi connectivity index (χ1v) is 9.28. The van der Waals surface area contributed by atoms with Crippen molar-refractivity contribution in [3.8, 4) is 11.4 Å². The van der Waals surface area contributed by atoms with E-state index in [1.807, 2.05) is 63.2 Å². The van der Waals surface area contributed by atoms with E-state index in [0.29, 0.717) is 17.8 Å². The van der Waals surface area contributed by atoms with Crippen LogP contribution in [0.2, 0.25) is 0 Å². The van der Waals surface area contributed by atoms with Gasteiger partial charge in [-0.1, -0.05) is 30.3 Å². The standard InChI is InChI=1S/C23H23N3O2/c1-15-16(2)25(14-18-8-6-5-7-9-18)22-21(15)23(27)26(17(3)24-22)19-10-12-20(28-4)13-11-19/h5-13H,14H2,1-4H3. The minimum Gasteiger partial charge on any atom is -0.497 e. The van der Waals surface area contributed by atoms with Crippen LogP contribution in [0.25, 0.3) is 16.7 Å². The van der Waals surface area contributed by atoms with E-state index < -0.39 is 0 Å². The molecule has 4 rings (SSSR count). The highest BCUT2D eigenvalue weighted by Crippen LogP contribution is 2.24. The van der Waals surface area contributed by atoms with Crippen LogP contribution in [0.1, 0.15) is 22.6 Å². The van der Waals surface area contributed by atoms with Crippen LogP contribution >= 0.6 is 0 Å². The highest BCUT2D eigenvalue weighted by Gasteiger charge is 2.19. The van der Waals surface area contributed by atoms with Gasteiger partial charge < -0.3 is 9.30 Å². The lowest BCUT2D eigenvalue weighted by Crippen LogP contribution is -2.22. The molecule has 5 nitrogen and oxygen atoms in total. The molecule has 0 aliphatic rings. The summed E-state index contributed by atoms with van der Waals surface area (Å²) in [6.07, 6.45) is 0. The molecule has 0 spiro atoms. The van der Waals surface area contributed by atoms with E-state index in [2.05, 4.69) is 16.7 Å². The Balaban J connectivity index is 1.92. The Kier molecular flexibility index (Phi) is 4.51. The smallest absolute Gasteiger partial charge is 0.267 e. The Morgan fingerprint density at radius 2 is 1.64 bits per heavy atom. The van der Waals surface area contributed by atoms with E-state index in [4.69, 9.17) is 9.72 Å². The molecule has 5 heteroatoms. The fourth-order valence-corrected chi connectivity index (χ4v) is 3.67. The fraction of sp³-hybridized carbons (Fsp3) is 0.217. The van der Waals surface area contributed by atoms with Gasteiger partial charge in [-0.3, -0.25) is 9.36 Å². The second-order valence-corrected chi connectivity index (χ2v) is 6.98. The molecule has 0 aliphatic heterocycles. The summed E-state index contributed by atoms with van der Waals surface area (Å²) in [5.74, 6) is 1.42. The van der Waals surface area contributed by atoms with Crippen molar-refractivity contribution in [1.82, 2.24) is 14.1 Å². The predicted molar refractivity (Wildman–Crippen MR) is 112 cm³/mol. The van der Waals surface area contributed by atoms with E-state index in [9.17, 15) is 4.79 Å². The highest BCUT2D eigenvalue weighted by atomic mass is 16.5. The van der Waals surface area contributed by atoms with Crippen LogP contribution in [0.4, 0.5) is 0 Å². The van der Waals surface area contributed by atoms with Crippen LogP contribution in [0.5, 0.6) is 5.75 Å². The topological polar surface area (TPSA) is 49.0 Å². The Hall–Kier alpha value is -3.34. The lowest BCUT2D eigenvalue weighted by molar-refractivity contribution is 0.414. The number of hydrogen-bond donors (Lipinski definition) is 0. The number of rotatable bonds is 4. The quantitative estimate of drug-likeness (QED) is 0.539. The molecule has 2 aromatic carbocycles. The van der Waals surface area contributed by atoms with Gasteiger partial charge in [0.05, 0.1) is 18.2 Å². The molecule has 0 N–H and O–H groups in total. The number of fused-ring (bicyclic) bond motifs is 1. The number of hydrogen-bond acceptors (Lipinski definition) is 3. The van der Waals surface area contributed by atoms with Gasteiger partial charge in [0.2, 0.25) is 0 Å². The summed E-state index contributed by atoms with van der Waals surface area (Å²) < 4.78 is 9.02. The molecule has 4 aromatic rings. The molecule has 2 aromatic heterocycles. The van der Waals surface area contributed by atoms with E-state index in [1.165, 1.54) is 5.56 Å². The van der Waals surface area contributed by atoms with Gasteiger partial charge in [0.15, 0.2) is 0 Å². The molecule has 0 bridgehead atoms. The third-order valence-electron chi connectivity index (χ3n) is 5.32. The Labute approximate surface area is 163 Å². The predicted octanol–water partition coefficient (Wildman–Crippen LogP) is 4.17. The summed E-state index contributed by atoms with van der Waals surface area (Å²) in [5.41, 5.74) is 4.71. The first-order chi connectivity index (χ1) is 13.5. The Bertz CT molecular complexity index is 1200. The van der Waals surface area contributed by atoms with Gasteiger partial charge in [0.1, 0.15) is 17.2 Å². The van der Waals surface area contributed by atoms with Gasteiger partial charge in [-0.2, -0.15) is 0 Å². The number of aromatic nitrogens is 3. The lowest BCUT2D eigenvalue weighted by Gasteiger charge is -2.12. The number of nitrogens with zero attached hydrogens (tertiary/aromatic N) is 3. The number of benzene rings is 2. The van der Waals surface area contributed by atoms with E-state index in [-0.39, 0.29) is 5.56 Å². The summed E-state index contributed by atoms with van der Waals surface area (Å²) in [4.78, 5) is 18.2. The van der Waals surface area contributed by atoms with Crippen LogP contribution in [0, 0.1) is 20.8 Å². The molecule has 0 aliphatic carbocycles. The Morgan fingerprint density at radius 1 is 0.964 bits per heavy atom. The molecule has 142 valence electrons. The van der Waals surface area contributed by atoms with Gasteiger partial charge in [-0.15, -0.1) is 0 Å². The van der Waals surface area contributed by atoms with Crippen molar-refractivity contribution in [2.45, 2.75) is 27.3 Å². The van der Waals surface area contributed by atoms with Crippen LogP contribution in [0.15, 0.2) is 59.4 Å². The monoisotopic (exact) mass is 373 g/mol. The summed E-state index contributed by atoms with van der Waals surface area (Å²) in [6, 6.07) is 17.7. The summed E-state index contributed by atoms with van der Waals surface area (Å²) >= 11 is 0. The minimum atomic E-state index is -0.0416. The van der Waals surface area contributed by atoms with E-state index >= 15 is 0 Å². The zero-order valence-corrected chi connectivity index (χ0v) is 16.6. The molecule has 0 saturated carbocycles. The van der Waals surface area contributed by atoms with Crippen LogP contribution in [-0.2, 0) is 6.54 Å². The minimum absolute atomic E-state index is 0.0416. The summed E-state index contributed by atoms with van der Waals surface area (Å²) in [6.45, 7) is 6.60. The second-order valence-electron chi connectivity index (χ2n) is 6.98. The van der Waals surface area contributed by atoms with Crippen molar-refractivity contribution in [2.24, 2.45) is 0 Å². The average Bonchev–Trinajstić information content (AvgIpc) is 2.94.